The molecule has 0 radical (unpaired) electrons. The molecule has 0 fully saturated rings. The number of Topliss-reactive ketones (excluding diaryl/α,β-unsaturated/α-hetero) is 1. The van der Waals surface area contributed by atoms with Gasteiger partial charge >= 0.3 is 0 Å². The van der Waals surface area contributed by atoms with E-state index >= 15 is 0 Å². The van der Waals surface area contributed by atoms with Crippen molar-refractivity contribution in [2.75, 3.05) is 7.11 Å². The summed E-state index contributed by atoms with van der Waals surface area (Å²) in [5.74, 6) is 1.15. The van der Waals surface area contributed by atoms with Gasteiger partial charge in [-0.05, 0) is 42.5 Å². The molecule has 27 heavy (non-hydrogen) atoms. The third kappa shape index (κ3) is 3.13. The molecule has 0 saturated heterocycles. The van der Waals surface area contributed by atoms with Gasteiger partial charge in [0.2, 0.25) is 5.78 Å². The first-order valence-corrected chi connectivity index (χ1v) is 8.84. The lowest BCUT2D eigenvalue weighted by atomic mass is 10.1. The number of furan rings is 1. The smallest absolute Gasteiger partial charge is 0.284 e. The fraction of sp³-hybridized carbons (Fsp3) is 0.0500. The van der Waals surface area contributed by atoms with Crippen LogP contribution in [0.3, 0.4) is 0 Å². The largest absolute Gasteiger partial charge is 0.497 e. The molecule has 0 unspecified atom stereocenters. The number of thioether (sulfide) groups is 1. The van der Waals surface area contributed by atoms with Gasteiger partial charge in [-0.25, -0.2) is 0 Å². The lowest BCUT2D eigenvalue weighted by Crippen LogP contribution is -1.93. The number of nitro benzene ring substituents is 1. The van der Waals surface area contributed by atoms with E-state index in [4.69, 9.17) is 9.15 Å². The summed E-state index contributed by atoms with van der Waals surface area (Å²) in [4.78, 5) is 24.8. The van der Waals surface area contributed by atoms with Gasteiger partial charge in [0.05, 0.1) is 28.6 Å². The number of fused-ring (bicyclic) bond motifs is 1. The Morgan fingerprint density at radius 3 is 2.67 bits per heavy atom. The molecule has 0 amide bonds. The number of benzene rings is 2. The number of ketones is 1. The van der Waals surface area contributed by atoms with E-state index in [1.807, 2.05) is 18.2 Å². The average molecular weight is 379 g/mol. The molecule has 1 aliphatic heterocycles. The molecule has 0 spiro atoms. The van der Waals surface area contributed by atoms with Crippen molar-refractivity contribution in [1.29, 1.82) is 0 Å². The van der Waals surface area contributed by atoms with E-state index in [1.54, 1.807) is 36.4 Å². The van der Waals surface area contributed by atoms with Crippen LogP contribution in [0.4, 0.5) is 5.69 Å². The highest BCUT2D eigenvalue weighted by atomic mass is 32.2. The number of hydrogen-bond donors (Lipinski definition) is 0. The lowest BCUT2D eigenvalue weighted by molar-refractivity contribution is -0.384. The molecule has 6 nitrogen and oxygen atoms in total. The topological polar surface area (TPSA) is 82.6 Å². The molecule has 1 aromatic heterocycles. The highest BCUT2D eigenvalue weighted by molar-refractivity contribution is 8.04. The van der Waals surface area contributed by atoms with Gasteiger partial charge in [-0.3, -0.25) is 14.9 Å². The molecule has 0 N–H and O–H groups in total. The van der Waals surface area contributed by atoms with E-state index in [-0.39, 0.29) is 11.5 Å². The first kappa shape index (κ1) is 17.1. The predicted octanol–water partition coefficient (Wildman–Crippen LogP) is 5.19. The third-order valence-corrected chi connectivity index (χ3v) is 5.24. The molecule has 2 heterocycles. The standard InChI is InChI=1S/C20H13NO5S/c1-25-12-6-8-14(16(10-12)21(23)24)17-9-7-13(26-17)11-19-20(22)15-4-2-3-5-18(15)27-19/h2-11H,1H3/b19-11-. The van der Waals surface area contributed by atoms with Crippen molar-refractivity contribution in [1.82, 2.24) is 0 Å². The summed E-state index contributed by atoms with van der Waals surface area (Å²) >= 11 is 1.38. The number of ether oxygens (including phenoxy) is 1. The van der Waals surface area contributed by atoms with Crippen LogP contribution in [0.5, 0.6) is 5.75 Å². The zero-order chi connectivity index (χ0) is 19.0. The monoisotopic (exact) mass is 379 g/mol. The second-order valence-corrected chi connectivity index (χ2v) is 6.86. The van der Waals surface area contributed by atoms with Crippen molar-refractivity contribution >= 4 is 29.3 Å². The van der Waals surface area contributed by atoms with E-state index in [9.17, 15) is 14.9 Å². The van der Waals surface area contributed by atoms with Crippen LogP contribution in [0.2, 0.25) is 0 Å². The van der Waals surface area contributed by atoms with Crippen LogP contribution < -0.4 is 4.74 Å². The van der Waals surface area contributed by atoms with Crippen molar-refractivity contribution in [3.63, 3.8) is 0 Å². The maximum atomic E-state index is 12.5. The van der Waals surface area contributed by atoms with Crippen LogP contribution in [0, 0.1) is 10.1 Å². The third-order valence-electron chi connectivity index (χ3n) is 4.14. The Morgan fingerprint density at radius 2 is 1.93 bits per heavy atom. The van der Waals surface area contributed by atoms with Crippen molar-refractivity contribution in [3.8, 4) is 17.1 Å². The molecule has 7 heteroatoms. The summed E-state index contributed by atoms with van der Waals surface area (Å²) in [6.45, 7) is 0. The first-order chi connectivity index (χ1) is 13.1. The highest BCUT2D eigenvalue weighted by Gasteiger charge is 2.26. The van der Waals surface area contributed by atoms with Crippen molar-refractivity contribution in [2.24, 2.45) is 0 Å². The summed E-state index contributed by atoms with van der Waals surface area (Å²) in [5.41, 5.74) is 0.909. The van der Waals surface area contributed by atoms with E-state index in [2.05, 4.69) is 0 Å². The minimum Gasteiger partial charge on any atom is -0.497 e. The van der Waals surface area contributed by atoms with Gasteiger partial charge in [-0.1, -0.05) is 23.9 Å². The summed E-state index contributed by atoms with van der Waals surface area (Å²) in [5, 5.41) is 11.4. The van der Waals surface area contributed by atoms with Gasteiger partial charge in [-0.15, -0.1) is 0 Å². The normalized spacial score (nSPS) is 14.4. The Kier molecular flexibility index (Phi) is 4.29. The molecule has 0 bridgehead atoms. The number of nitro groups is 1. The van der Waals surface area contributed by atoms with E-state index in [0.29, 0.717) is 33.3 Å². The Balaban J connectivity index is 1.68. The quantitative estimate of drug-likeness (QED) is 0.352. The van der Waals surface area contributed by atoms with Gasteiger partial charge in [0.15, 0.2) is 0 Å². The van der Waals surface area contributed by atoms with Gasteiger partial charge in [0.25, 0.3) is 5.69 Å². The zero-order valence-corrected chi connectivity index (χ0v) is 15.0. The highest BCUT2D eigenvalue weighted by Crippen LogP contribution is 2.41. The molecule has 0 aliphatic carbocycles. The van der Waals surface area contributed by atoms with Crippen molar-refractivity contribution in [3.05, 3.63) is 80.9 Å². The predicted molar refractivity (Wildman–Crippen MR) is 102 cm³/mol. The number of nitrogens with zero attached hydrogens (tertiary/aromatic N) is 1. The summed E-state index contributed by atoms with van der Waals surface area (Å²) in [6.07, 6.45) is 1.66. The van der Waals surface area contributed by atoms with Gasteiger partial charge in [-0.2, -0.15) is 0 Å². The van der Waals surface area contributed by atoms with Crippen molar-refractivity contribution < 1.29 is 18.9 Å². The van der Waals surface area contributed by atoms with Gasteiger partial charge in [0.1, 0.15) is 17.3 Å². The molecule has 3 aromatic rings. The SMILES string of the molecule is COc1ccc(-c2ccc(/C=C3\Sc4ccccc4C3=O)o2)c([N+](=O)[O-])c1. The maximum Gasteiger partial charge on any atom is 0.284 e. The van der Waals surface area contributed by atoms with E-state index in [1.165, 1.54) is 24.9 Å². The minimum absolute atomic E-state index is 0.0519. The Bertz CT molecular complexity index is 1100. The number of allylic oxidation sites excluding steroid dienone is 1. The van der Waals surface area contributed by atoms with Crippen LogP contribution in [0.1, 0.15) is 16.1 Å². The Morgan fingerprint density at radius 1 is 1.11 bits per heavy atom. The van der Waals surface area contributed by atoms with Crippen LogP contribution >= 0.6 is 11.8 Å². The Labute approximate surface area is 158 Å². The maximum absolute atomic E-state index is 12.5. The van der Waals surface area contributed by atoms with Crippen LogP contribution in [-0.2, 0) is 0 Å². The Hall–Kier alpha value is -3.32. The summed E-state index contributed by atoms with van der Waals surface area (Å²) < 4.78 is 10.8. The van der Waals surface area contributed by atoms with E-state index < -0.39 is 4.92 Å². The number of rotatable bonds is 4. The molecule has 0 atom stereocenters. The molecular weight excluding hydrogens is 366 g/mol. The number of carbonyl (C=O) groups excluding carboxylic acids is 1. The molecule has 134 valence electrons. The van der Waals surface area contributed by atoms with E-state index in [0.717, 1.165) is 4.90 Å². The fourth-order valence-electron chi connectivity index (χ4n) is 2.84. The fourth-order valence-corrected chi connectivity index (χ4v) is 3.87. The van der Waals surface area contributed by atoms with Gasteiger partial charge < -0.3 is 9.15 Å². The second-order valence-electron chi connectivity index (χ2n) is 5.78. The molecule has 0 saturated carbocycles. The van der Waals surface area contributed by atoms with Crippen LogP contribution in [0.25, 0.3) is 17.4 Å². The lowest BCUT2D eigenvalue weighted by Gasteiger charge is -2.03. The average Bonchev–Trinajstić information content (AvgIpc) is 3.27. The minimum atomic E-state index is -0.481. The first-order valence-electron chi connectivity index (χ1n) is 8.03. The second kappa shape index (κ2) is 6.77. The zero-order valence-electron chi connectivity index (χ0n) is 14.2. The number of methoxy groups -OCH3 is 1. The summed E-state index contributed by atoms with van der Waals surface area (Å²) in [7, 11) is 1.45. The molecule has 4 rings (SSSR count). The molecule has 2 aromatic carbocycles. The van der Waals surface area contributed by atoms with Crippen molar-refractivity contribution in [2.45, 2.75) is 4.90 Å². The van der Waals surface area contributed by atoms with Crippen LogP contribution in [-0.4, -0.2) is 17.8 Å². The molecule has 1 aliphatic rings. The number of hydrogen-bond acceptors (Lipinski definition) is 6. The van der Waals surface area contributed by atoms with Gasteiger partial charge in [0, 0.05) is 10.5 Å². The van der Waals surface area contributed by atoms with Crippen LogP contribution in [0.15, 0.2) is 68.8 Å². The summed E-state index contributed by atoms with van der Waals surface area (Å²) in [6, 6.07) is 15.3. The number of carbonyl (C=O) groups is 1. The molecular formula is C20H13NO5S.